The predicted octanol–water partition coefficient (Wildman–Crippen LogP) is 1.90. The summed E-state index contributed by atoms with van der Waals surface area (Å²) in [7, 11) is 1.60. The molecule has 1 saturated heterocycles. The van der Waals surface area contributed by atoms with Gasteiger partial charge in [-0.2, -0.15) is 0 Å². The van der Waals surface area contributed by atoms with E-state index in [0.29, 0.717) is 23.9 Å². The highest BCUT2D eigenvalue weighted by molar-refractivity contribution is 5.91. The number of methoxy groups -OCH3 is 1. The molecule has 3 N–H and O–H groups in total. The molecular formula is C14H21N3O2. The second kappa shape index (κ2) is 6.43. The van der Waals surface area contributed by atoms with Gasteiger partial charge in [0.15, 0.2) is 0 Å². The summed E-state index contributed by atoms with van der Waals surface area (Å²) in [5.74, 6) is 1.21. The average molecular weight is 263 g/mol. The summed E-state index contributed by atoms with van der Waals surface area (Å²) in [6.07, 6.45) is 2.02. The number of nitrogens with one attached hydrogen (secondary N) is 1. The molecule has 1 aliphatic heterocycles. The van der Waals surface area contributed by atoms with Crippen molar-refractivity contribution in [3.8, 4) is 5.75 Å². The number of likely N-dealkylation sites (tertiary alicyclic amines) is 1. The zero-order chi connectivity index (χ0) is 13.7. The van der Waals surface area contributed by atoms with Crippen LogP contribution in [0.1, 0.15) is 12.8 Å². The summed E-state index contributed by atoms with van der Waals surface area (Å²) in [5, 5.41) is 2.90. The Morgan fingerprint density at radius 2 is 2.32 bits per heavy atom. The van der Waals surface area contributed by atoms with Crippen molar-refractivity contribution < 1.29 is 9.53 Å². The van der Waals surface area contributed by atoms with Crippen LogP contribution in [-0.4, -0.2) is 37.7 Å². The fraction of sp³-hybridized carbons (Fsp3) is 0.500. The van der Waals surface area contributed by atoms with E-state index in [4.69, 9.17) is 10.5 Å². The monoisotopic (exact) mass is 263 g/mol. The second-order valence-corrected chi connectivity index (χ2v) is 4.81. The van der Waals surface area contributed by atoms with Gasteiger partial charge in [-0.25, -0.2) is 4.79 Å². The van der Waals surface area contributed by atoms with E-state index in [0.717, 1.165) is 25.9 Å². The molecule has 1 heterocycles. The zero-order valence-corrected chi connectivity index (χ0v) is 11.3. The van der Waals surface area contributed by atoms with Crippen LogP contribution in [0.4, 0.5) is 10.5 Å². The summed E-state index contributed by atoms with van der Waals surface area (Å²) in [5.41, 5.74) is 6.26. The minimum atomic E-state index is -0.0657. The van der Waals surface area contributed by atoms with Crippen molar-refractivity contribution in [2.45, 2.75) is 12.8 Å². The van der Waals surface area contributed by atoms with Crippen LogP contribution in [-0.2, 0) is 0 Å². The van der Waals surface area contributed by atoms with Crippen LogP contribution in [0.15, 0.2) is 24.3 Å². The molecule has 1 aliphatic rings. The predicted molar refractivity (Wildman–Crippen MR) is 75.4 cm³/mol. The molecule has 1 aromatic carbocycles. The molecule has 0 aromatic heterocycles. The van der Waals surface area contributed by atoms with Gasteiger partial charge in [0.05, 0.1) is 12.8 Å². The van der Waals surface area contributed by atoms with Gasteiger partial charge in [0.2, 0.25) is 0 Å². The van der Waals surface area contributed by atoms with Crippen LogP contribution in [0.3, 0.4) is 0 Å². The normalized spacial score (nSPS) is 18.4. The van der Waals surface area contributed by atoms with E-state index in [-0.39, 0.29) is 6.03 Å². The van der Waals surface area contributed by atoms with Gasteiger partial charge in [0.1, 0.15) is 5.75 Å². The Morgan fingerprint density at radius 3 is 3.05 bits per heavy atom. The van der Waals surface area contributed by atoms with Gasteiger partial charge in [0.25, 0.3) is 0 Å². The van der Waals surface area contributed by atoms with Gasteiger partial charge < -0.3 is 20.7 Å². The van der Waals surface area contributed by atoms with Crippen LogP contribution < -0.4 is 15.8 Å². The zero-order valence-electron chi connectivity index (χ0n) is 11.3. The first-order valence-corrected chi connectivity index (χ1v) is 6.63. The summed E-state index contributed by atoms with van der Waals surface area (Å²) in [4.78, 5) is 14.0. The maximum Gasteiger partial charge on any atom is 0.321 e. The number of carbonyl (C=O) groups excluding carboxylic acids is 1. The van der Waals surface area contributed by atoms with Gasteiger partial charge in [-0.05, 0) is 37.4 Å². The Labute approximate surface area is 113 Å². The van der Waals surface area contributed by atoms with Gasteiger partial charge in [0, 0.05) is 13.1 Å². The van der Waals surface area contributed by atoms with Crippen molar-refractivity contribution in [1.29, 1.82) is 0 Å². The third kappa shape index (κ3) is 3.38. The molecule has 19 heavy (non-hydrogen) atoms. The number of rotatable bonds is 4. The van der Waals surface area contributed by atoms with Crippen LogP contribution >= 0.6 is 0 Å². The molecule has 0 aliphatic carbocycles. The third-order valence-corrected chi connectivity index (χ3v) is 3.50. The molecule has 0 radical (unpaired) electrons. The summed E-state index contributed by atoms with van der Waals surface area (Å²) >= 11 is 0. The fourth-order valence-electron chi connectivity index (χ4n) is 2.43. The highest BCUT2D eigenvalue weighted by Gasteiger charge is 2.25. The third-order valence-electron chi connectivity index (χ3n) is 3.50. The number of carbonyl (C=O) groups is 1. The van der Waals surface area contributed by atoms with Crippen LogP contribution in [0.2, 0.25) is 0 Å². The van der Waals surface area contributed by atoms with Crippen molar-refractivity contribution in [3.05, 3.63) is 24.3 Å². The molecule has 1 aromatic rings. The highest BCUT2D eigenvalue weighted by Crippen LogP contribution is 2.25. The van der Waals surface area contributed by atoms with E-state index in [2.05, 4.69) is 5.32 Å². The van der Waals surface area contributed by atoms with Crippen molar-refractivity contribution in [2.24, 2.45) is 11.7 Å². The van der Waals surface area contributed by atoms with Gasteiger partial charge in [-0.3, -0.25) is 0 Å². The lowest BCUT2D eigenvalue weighted by Gasteiger charge is -2.18. The average Bonchev–Trinajstić information content (AvgIpc) is 2.88. The van der Waals surface area contributed by atoms with E-state index < -0.39 is 0 Å². The molecule has 2 rings (SSSR count). The van der Waals surface area contributed by atoms with E-state index in [1.165, 1.54) is 0 Å². The molecule has 0 bridgehead atoms. The molecule has 104 valence electrons. The van der Waals surface area contributed by atoms with Gasteiger partial charge in [-0.15, -0.1) is 0 Å². The smallest absolute Gasteiger partial charge is 0.321 e. The van der Waals surface area contributed by atoms with Crippen LogP contribution in [0.5, 0.6) is 5.75 Å². The van der Waals surface area contributed by atoms with E-state index >= 15 is 0 Å². The van der Waals surface area contributed by atoms with Crippen LogP contribution in [0.25, 0.3) is 0 Å². The summed E-state index contributed by atoms with van der Waals surface area (Å²) in [6.45, 7) is 2.27. The number of nitrogens with two attached hydrogens (primary N) is 1. The quantitative estimate of drug-likeness (QED) is 0.871. The molecule has 1 unspecified atom stereocenters. The standard InChI is InChI=1S/C14H21N3O2/c1-19-13-5-3-2-4-12(13)16-14(18)17-9-7-11(10-17)6-8-15/h2-5,11H,6-10,15H2,1H3,(H,16,18). The Hall–Kier alpha value is -1.75. The Balaban J connectivity index is 1.94. The second-order valence-electron chi connectivity index (χ2n) is 4.81. The minimum absolute atomic E-state index is 0.0657. The lowest BCUT2D eigenvalue weighted by atomic mass is 10.1. The van der Waals surface area contributed by atoms with Crippen molar-refractivity contribution in [3.63, 3.8) is 0 Å². The van der Waals surface area contributed by atoms with Crippen LogP contribution in [0, 0.1) is 5.92 Å². The molecule has 2 amide bonds. The molecular weight excluding hydrogens is 242 g/mol. The summed E-state index contributed by atoms with van der Waals surface area (Å²) in [6, 6.07) is 7.35. The number of anilines is 1. The number of nitrogens with zero attached hydrogens (tertiary/aromatic N) is 1. The van der Waals surface area contributed by atoms with E-state index in [1.807, 2.05) is 29.2 Å². The number of para-hydroxylation sites is 2. The van der Waals surface area contributed by atoms with E-state index in [1.54, 1.807) is 7.11 Å². The Kier molecular flexibility index (Phi) is 4.63. The van der Waals surface area contributed by atoms with Crippen molar-refractivity contribution >= 4 is 11.7 Å². The molecule has 1 atom stereocenters. The molecule has 0 spiro atoms. The van der Waals surface area contributed by atoms with Crippen molar-refractivity contribution in [1.82, 2.24) is 4.90 Å². The topological polar surface area (TPSA) is 67.6 Å². The molecule has 5 nitrogen and oxygen atoms in total. The first-order valence-electron chi connectivity index (χ1n) is 6.63. The molecule has 1 fully saturated rings. The lowest BCUT2D eigenvalue weighted by molar-refractivity contribution is 0.220. The maximum absolute atomic E-state index is 12.2. The van der Waals surface area contributed by atoms with Crippen molar-refractivity contribution in [2.75, 3.05) is 32.1 Å². The Bertz CT molecular complexity index is 436. The maximum atomic E-state index is 12.2. The fourth-order valence-corrected chi connectivity index (χ4v) is 2.43. The largest absolute Gasteiger partial charge is 0.495 e. The Morgan fingerprint density at radius 1 is 1.53 bits per heavy atom. The minimum Gasteiger partial charge on any atom is -0.495 e. The van der Waals surface area contributed by atoms with Gasteiger partial charge >= 0.3 is 6.03 Å². The highest BCUT2D eigenvalue weighted by atomic mass is 16.5. The number of benzene rings is 1. The van der Waals surface area contributed by atoms with Gasteiger partial charge in [-0.1, -0.05) is 12.1 Å². The number of hydrogen-bond acceptors (Lipinski definition) is 3. The first kappa shape index (κ1) is 13.7. The SMILES string of the molecule is COc1ccccc1NC(=O)N1CCC(CCN)C1. The van der Waals surface area contributed by atoms with E-state index in [9.17, 15) is 4.79 Å². The molecule has 5 heteroatoms. The number of urea groups is 1. The number of amides is 2. The summed E-state index contributed by atoms with van der Waals surface area (Å²) < 4.78 is 5.22. The number of hydrogen-bond donors (Lipinski definition) is 2. The first-order chi connectivity index (χ1) is 9.24. The molecule has 0 saturated carbocycles. The lowest BCUT2D eigenvalue weighted by Crippen LogP contribution is -2.33. The number of ether oxygens (including phenoxy) is 1.